The topological polar surface area (TPSA) is 24.3 Å². The van der Waals surface area contributed by atoms with E-state index in [1.807, 2.05) is 0 Å². The van der Waals surface area contributed by atoms with E-state index in [9.17, 15) is 0 Å². The number of rotatable bonds is 0. The molecular formula is C23H27N2O+. The van der Waals surface area contributed by atoms with Crippen molar-refractivity contribution in [2.24, 2.45) is 0 Å². The average Bonchev–Trinajstić information content (AvgIpc) is 3.01. The van der Waals surface area contributed by atoms with E-state index in [-0.39, 0.29) is 10.8 Å². The van der Waals surface area contributed by atoms with Crippen molar-refractivity contribution < 1.29 is 4.74 Å². The van der Waals surface area contributed by atoms with Gasteiger partial charge in [-0.15, -0.1) is 0 Å². The number of benzene rings is 2. The summed E-state index contributed by atoms with van der Waals surface area (Å²) in [6, 6.07) is 8.93. The van der Waals surface area contributed by atoms with Crippen molar-refractivity contribution in [1.29, 1.82) is 0 Å². The summed E-state index contributed by atoms with van der Waals surface area (Å²) in [7, 11) is 2.18. The Labute approximate surface area is 155 Å². The molecule has 3 aliphatic heterocycles. The molecule has 0 bridgehead atoms. The number of hydrogen-bond acceptors (Lipinski definition) is 2. The molecule has 2 aromatic rings. The van der Waals surface area contributed by atoms with Crippen LogP contribution in [0.5, 0.6) is 11.5 Å². The minimum absolute atomic E-state index is 0.0721. The molecule has 0 spiro atoms. The first kappa shape index (κ1) is 15.9. The van der Waals surface area contributed by atoms with Crippen LogP contribution in [-0.2, 0) is 10.8 Å². The normalized spacial score (nSPS) is 20.7. The number of likely N-dealkylation sites (N-methyl/N-ethyl adjacent to an activating group) is 1. The summed E-state index contributed by atoms with van der Waals surface area (Å²) in [4.78, 5) is 0. The Morgan fingerprint density at radius 3 is 2.50 bits per heavy atom. The monoisotopic (exact) mass is 347 g/mol. The van der Waals surface area contributed by atoms with Gasteiger partial charge in [-0.05, 0) is 44.5 Å². The van der Waals surface area contributed by atoms with Crippen molar-refractivity contribution >= 4 is 11.3 Å². The van der Waals surface area contributed by atoms with Crippen molar-refractivity contribution in [2.45, 2.75) is 45.4 Å². The van der Waals surface area contributed by atoms with Gasteiger partial charge >= 0.3 is 0 Å². The molecule has 0 saturated carbocycles. The molecule has 3 nitrogen and oxygen atoms in total. The van der Waals surface area contributed by atoms with Gasteiger partial charge in [0.2, 0.25) is 5.36 Å². The average molecular weight is 347 g/mol. The van der Waals surface area contributed by atoms with Crippen LogP contribution in [0.2, 0.25) is 0 Å². The van der Waals surface area contributed by atoms with Crippen molar-refractivity contribution in [1.82, 2.24) is 4.58 Å². The van der Waals surface area contributed by atoms with Crippen molar-refractivity contribution in [3.63, 3.8) is 0 Å². The number of fused-ring (bicyclic) bond motifs is 6. The summed E-state index contributed by atoms with van der Waals surface area (Å²) < 4.78 is 9.12. The number of nitrogens with one attached hydrogen (secondary N) is 1. The van der Waals surface area contributed by atoms with Gasteiger partial charge in [0, 0.05) is 40.1 Å². The summed E-state index contributed by atoms with van der Waals surface area (Å²) in [5.41, 5.74) is 6.60. The van der Waals surface area contributed by atoms with E-state index in [0.29, 0.717) is 0 Å². The highest BCUT2D eigenvalue weighted by atomic mass is 16.5. The zero-order valence-corrected chi connectivity index (χ0v) is 16.6. The first-order valence-corrected chi connectivity index (χ1v) is 9.53. The van der Waals surface area contributed by atoms with Gasteiger partial charge in [-0.25, -0.2) is 4.58 Å². The summed E-state index contributed by atoms with van der Waals surface area (Å²) in [6.07, 6.45) is 0. The van der Waals surface area contributed by atoms with Gasteiger partial charge in [0.15, 0.2) is 6.54 Å². The van der Waals surface area contributed by atoms with Crippen LogP contribution in [0.3, 0.4) is 0 Å². The SMILES string of the molecule is CC1=c2ccc3c(c2Oc2c1ccc1c2C(C)(C)CN1)C(C)(C)C[N+]=3C. The van der Waals surface area contributed by atoms with Crippen LogP contribution in [-0.4, -0.2) is 20.1 Å². The molecule has 0 radical (unpaired) electrons. The van der Waals surface area contributed by atoms with Crippen molar-refractivity contribution in [2.75, 3.05) is 25.5 Å². The first-order chi connectivity index (χ1) is 12.2. The zero-order valence-electron chi connectivity index (χ0n) is 16.6. The molecule has 0 fully saturated rings. The minimum Gasteiger partial charge on any atom is -0.455 e. The Morgan fingerprint density at radius 1 is 0.962 bits per heavy atom. The van der Waals surface area contributed by atoms with Crippen molar-refractivity contribution in [3.05, 3.63) is 51.5 Å². The Kier molecular flexibility index (Phi) is 2.88. The maximum absolute atomic E-state index is 6.77. The highest BCUT2D eigenvalue weighted by Gasteiger charge is 2.41. The van der Waals surface area contributed by atoms with Gasteiger partial charge < -0.3 is 10.1 Å². The lowest BCUT2D eigenvalue weighted by Gasteiger charge is -2.28. The third-order valence-electron chi connectivity index (χ3n) is 6.42. The van der Waals surface area contributed by atoms with E-state index in [1.54, 1.807) is 0 Å². The summed E-state index contributed by atoms with van der Waals surface area (Å²) in [5, 5.41) is 6.10. The highest BCUT2D eigenvalue weighted by Crippen LogP contribution is 2.49. The molecule has 1 N–H and O–H groups in total. The lowest BCUT2D eigenvalue weighted by atomic mass is 9.81. The Bertz CT molecular complexity index is 1110. The molecule has 0 unspecified atom stereocenters. The number of nitrogens with zero attached hydrogens (tertiary/aromatic N) is 1. The van der Waals surface area contributed by atoms with Gasteiger partial charge in [0.25, 0.3) is 0 Å². The Balaban J connectivity index is 1.88. The van der Waals surface area contributed by atoms with E-state index < -0.39 is 0 Å². The molecule has 3 heteroatoms. The van der Waals surface area contributed by atoms with Gasteiger partial charge in [-0.1, -0.05) is 13.8 Å². The van der Waals surface area contributed by atoms with E-state index in [1.165, 1.54) is 38.5 Å². The third-order valence-corrected chi connectivity index (χ3v) is 6.42. The first-order valence-electron chi connectivity index (χ1n) is 9.53. The molecule has 3 aliphatic rings. The number of hydrogen-bond donors (Lipinski definition) is 1. The van der Waals surface area contributed by atoms with Crippen LogP contribution in [0.25, 0.3) is 5.57 Å². The lowest BCUT2D eigenvalue weighted by molar-refractivity contribution is 0.424. The van der Waals surface area contributed by atoms with Crippen LogP contribution in [0.1, 0.15) is 51.3 Å². The highest BCUT2D eigenvalue weighted by molar-refractivity contribution is 5.80. The van der Waals surface area contributed by atoms with Crippen LogP contribution in [0, 0.1) is 0 Å². The molecule has 0 saturated heterocycles. The Morgan fingerprint density at radius 2 is 1.73 bits per heavy atom. The van der Waals surface area contributed by atoms with Gasteiger partial charge in [-0.3, -0.25) is 0 Å². The van der Waals surface area contributed by atoms with Crippen LogP contribution in [0.15, 0.2) is 24.3 Å². The van der Waals surface area contributed by atoms with Gasteiger partial charge in [-0.2, -0.15) is 0 Å². The van der Waals surface area contributed by atoms with Crippen LogP contribution >= 0.6 is 0 Å². The molecule has 2 aromatic carbocycles. The molecule has 0 aromatic heterocycles. The fourth-order valence-corrected chi connectivity index (χ4v) is 5.16. The molecule has 0 atom stereocenters. The standard InChI is InChI=1S/C23H26N2O/c1-13-14-7-9-16-18(22(2,3)11-24-16)20(14)26-21-15(13)8-10-17-19(21)23(4,5)12-25(17)6/h7-10H,11-12H2,1-6H3/p+1. The van der Waals surface area contributed by atoms with E-state index in [2.05, 4.69) is 75.8 Å². The van der Waals surface area contributed by atoms with E-state index in [4.69, 9.17) is 4.74 Å². The lowest BCUT2D eigenvalue weighted by Crippen LogP contribution is -2.29. The summed E-state index contributed by atoms with van der Waals surface area (Å²) in [6.45, 7) is 13.5. The predicted octanol–water partition coefficient (Wildman–Crippen LogP) is 3.13. The predicted molar refractivity (Wildman–Crippen MR) is 107 cm³/mol. The molecule has 0 aliphatic carbocycles. The second-order valence-electron chi connectivity index (χ2n) is 9.41. The van der Waals surface area contributed by atoms with Gasteiger partial charge in [0.05, 0.1) is 11.0 Å². The molecule has 3 heterocycles. The van der Waals surface area contributed by atoms with Crippen LogP contribution < -0.4 is 25.2 Å². The van der Waals surface area contributed by atoms with E-state index in [0.717, 1.165) is 24.6 Å². The summed E-state index contributed by atoms with van der Waals surface area (Å²) in [5.74, 6) is 2.12. The fraction of sp³-hybridized carbons (Fsp3) is 0.435. The fourth-order valence-electron chi connectivity index (χ4n) is 5.16. The van der Waals surface area contributed by atoms with Crippen LogP contribution in [0.4, 0.5) is 5.69 Å². The third kappa shape index (κ3) is 1.86. The number of ether oxygens (including phenoxy) is 1. The molecule has 134 valence electrons. The summed E-state index contributed by atoms with van der Waals surface area (Å²) >= 11 is 0. The van der Waals surface area contributed by atoms with Gasteiger partial charge in [0.1, 0.15) is 18.5 Å². The minimum atomic E-state index is 0.0721. The largest absolute Gasteiger partial charge is 0.455 e. The smallest absolute Gasteiger partial charge is 0.207 e. The molecule has 26 heavy (non-hydrogen) atoms. The molecule has 0 amide bonds. The number of anilines is 1. The second-order valence-corrected chi connectivity index (χ2v) is 9.41. The zero-order chi connectivity index (χ0) is 18.4. The quantitative estimate of drug-likeness (QED) is 0.741. The molecule has 5 rings (SSSR count). The Hall–Kier alpha value is -2.29. The maximum Gasteiger partial charge on any atom is 0.207 e. The van der Waals surface area contributed by atoms with E-state index >= 15 is 0 Å². The maximum atomic E-state index is 6.77. The molecular weight excluding hydrogens is 320 g/mol. The van der Waals surface area contributed by atoms with Crippen molar-refractivity contribution in [3.8, 4) is 11.5 Å². The second kappa shape index (κ2) is 4.70.